The Morgan fingerprint density at radius 2 is 2.38 bits per heavy atom. The fourth-order valence-corrected chi connectivity index (χ4v) is 1.87. The third-order valence-electron chi connectivity index (χ3n) is 3.19. The molecule has 0 radical (unpaired) electrons. The lowest BCUT2D eigenvalue weighted by atomic mass is 9.95. The van der Waals surface area contributed by atoms with Gasteiger partial charge in [-0.3, -0.25) is 5.10 Å². The number of hydrogen-bond donors (Lipinski definition) is 3. The molecule has 2 heterocycles. The predicted octanol–water partition coefficient (Wildman–Crippen LogP) is 0.0315. The second-order valence-corrected chi connectivity index (χ2v) is 4.57. The monoisotopic (exact) mass is 225 g/mol. The Labute approximate surface area is 94.9 Å². The highest BCUT2D eigenvalue weighted by atomic mass is 16.3. The summed E-state index contributed by atoms with van der Waals surface area (Å²) in [4.78, 5) is 6.31. The van der Waals surface area contributed by atoms with Crippen LogP contribution in [-0.4, -0.2) is 39.4 Å². The van der Waals surface area contributed by atoms with Crippen LogP contribution in [0.25, 0.3) is 0 Å². The molecule has 0 bridgehead atoms. The second kappa shape index (κ2) is 4.39. The fourth-order valence-electron chi connectivity index (χ4n) is 1.87. The average molecular weight is 225 g/mol. The number of H-pyrrole nitrogens is 1. The number of aliphatic hydroxyl groups is 1. The van der Waals surface area contributed by atoms with Crippen molar-refractivity contribution in [2.45, 2.75) is 32.4 Å². The Hall–Kier alpha value is -1.14. The first-order valence-electron chi connectivity index (χ1n) is 5.69. The summed E-state index contributed by atoms with van der Waals surface area (Å²) in [6, 6.07) is 0.169. The van der Waals surface area contributed by atoms with Gasteiger partial charge in [-0.2, -0.15) is 4.98 Å². The highest BCUT2D eigenvalue weighted by molar-refractivity contribution is 5.30. The van der Waals surface area contributed by atoms with Crippen molar-refractivity contribution in [1.29, 1.82) is 0 Å². The number of nitrogens with zero attached hydrogens (tertiary/aromatic N) is 3. The van der Waals surface area contributed by atoms with Gasteiger partial charge >= 0.3 is 0 Å². The molecule has 6 nitrogen and oxygen atoms in total. The number of nitrogens with one attached hydrogen (secondary N) is 1. The molecule has 6 heteroatoms. The van der Waals surface area contributed by atoms with Crippen LogP contribution >= 0.6 is 0 Å². The summed E-state index contributed by atoms with van der Waals surface area (Å²) >= 11 is 0. The van der Waals surface area contributed by atoms with Crippen LogP contribution in [0.5, 0.6) is 0 Å². The minimum absolute atomic E-state index is 0.169. The summed E-state index contributed by atoms with van der Waals surface area (Å²) in [5.74, 6) is 1.69. The number of aliphatic hydroxyl groups excluding tert-OH is 1. The van der Waals surface area contributed by atoms with Crippen LogP contribution in [0.15, 0.2) is 0 Å². The van der Waals surface area contributed by atoms with Gasteiger partial charge in [-0.15, -0.1) is 5.10 Å². The molecule has 0 aromatic carbocycles. The van der Waals surface area contributed by atoms with E-state index < -0.39 is 6.10 Å². The maximum atomic E-state index is 9.35. The molecule has 0 amide bonds. The van der Waals surface area contributed by atoms with Crippen LogP contribution in [0.3, 0.4) is 0 Å². The van der Waals surface area contributed by atoms with Gasteiger partial charge in [0.1, 0.15) is 6.10 Å². The molecule has 1 saturated heterocycles. The molecule has 0 aliphatic carbocycles. The van der Waals surface area contributed by atoms with Crippen molar-refractivity contribution in [1.82, 2.24) is 15.2 Å². The lowest BCUT2D eigenvalue weighted by Gasteiger charge is -2.34. The number of hydrogen-bond acceptors (Lipinski definition) is 5. The van der Waals surface area contributed by atoms with Crippen molar-refractivity contribution >= 4 is 5.95 Å². The average Bonchev–Trinajstić information content (AvgIpc) is 2.71. The van der Waals surface area contributed by atoms with Crippen molar-refractivity contribution in [3.63, 3.8) is 0 Å². The van der Waals surface area contributed by atoms with Crippen molar-refractivity contribution in [2.75, 3.05) is 18.0 Å². The smallest absolute Gasteiger partial charge is 0.244 e. The maximum absolute atomic E-state index is 9.35. The fraction of sp³-hybridized carbons (Fsp3) is 0.800. The normalized spacial score (nSPS) is 28.1. The number of aromatic amines is 1. The molecule has 2 unspecified atom stereocenters. The van der Waals surface area contributed by atoms with Gasteiger partial charge in [-0.1, -0.05) is 6.92 Å². The van der Waals surface area contributed by atoms with E-state index in [1.807, 2.05) is 0 Å². The zero-order valence-electron chi connectivity index (χ0n) is 9.72. The highest BCUT2D eigenvalue weighted by Crippen LogP contribution is 2.20. The van der Waals surface area contributed by atoms with Crippen LogP contribution in [0.2, 0.25) is 0 Å². The van der Waals surface area contributed by atoms with Crippen LogP contribution < -0.4 is 10.6 Å². The number of rotatable bonds is 2. The van der Waals surface area contributed by atoms with E-state index in [1.165, 1.54) is 0 Å². The summed E-state index contributed by atoms with van der Waals surface area (Å²) in [7, 11) is 0. The van der Waals surface area contributed by atoms with Gasteiger partial charge in [0.2, 0.25) is 5.95 Å². The third-order valence-corrected chi connectivity index (χ3v) is 3.19. The van der Waals surface area contributed by atoms with E-state index in [4.69, 9.17) is 5.73 Å². The van der Waals surface area contributed by atoms with Crippen LogP contribution in [-0.2, 0) is 0 Å². The summed E-state index contributed by atoms with van der Waals surface area (Å²) in [5, 5.41) is 16.2. The minimum atomic E-state index is -0.612. The Morgan fingerprint density at radius 1 is 1.62 bits per heavy atom. The van der Waals surface area contributed by atoms with E-state index in [0.717, 1.165) is 19.5 Å². The Balaban J connectivity index is 2.07. The molecular formula is C10H19N5O. The quantitative estimate of drug-likeness (QED) is 0.660. The van der Waals surface area contributed by atoms with Crippen LogP contribution in [0, 0.1) is 5.92 Å². The molecule has 4 N–H and O–H groups in total. The number of anilines is 1. The lowest BCUT2D eigenvalue weighted by Crippen LogP contribution is -2.48. The first-order chi connectivity index (χ1) is 7.58. The first kappa shape index (κ1) is 11.3. The van der Waals surface area contributed by atoms with Gasteiger partial charge in [0.15, 0.2) is 5.82 Å². The first-order valence-corrected chi connectivity index (χ1v) is 5.69. The van der Waals surface area contributed by atoms with Gasteiger partial charge in [0, 0.05) is 19.1 Å². The van der Waals surface area contributed by atoms with Crippen molar-refractivity contribution in [2.24, 2.45) is 11.7 Å². The molecule has 1 aliphatic rings. The molecule has 2 rings (SSSR count). The van der Waals surface area contributed by atoms with Crippen LogP contribution in [0.4, 0.5) is 5.95 Å². The topological polar surface area (TPSA) is 91.1 Å². The van der Waals surface area contributed by atoms with Crippen molar-refractivity contribution in [3.8, 4) is 0 Å². The standard InChI is InChI=1S/C10H19N5O/c1-6-3-4-15(5-8(6)11)10-12-9(7(2)16)13-14-10/h6-8,16H,3-5,11H2,1-2H3,(H,12,13,14)/t6?,7-,8?/m0/s1. The Kier molecular flexibility index (Phi) is 3.11. The van der Waals surface area contributed by atoms with E-state index in [-0.39, 0.29) is 6.04 Å². The van der Waals surface area contributed by atoms with Gasteiger partial charge in [0.25, 0.3) is 0 Å². The lowest BCUT2D eigenvalue weighted by molar-refractivity contribution is 0.189. The van der Waals surface area contributed by atoms with E-state index >= 15 is 0 Å². The number of aromatic nitrogens is 3. The SMILES string of the molecule is CC1CCN(c2n[nH]c([C@H](C)O)n2)CC1N. The molecule has 1 fully saturated rings. The van der Waals surface area contributed by atoms with E-state index in [0.29, 0.717) is 17.7 Å². The van der Waals surface area contributed by atoms with Gasteiger partial charge in [-0.25, -0.2) is 0 Å². The predicted molar refractivity (Wildman–Crippen MR) is 61.0 cm³/mol. The molecule has 1 aromatic heterocycles. The molecule has 16 heavy (non-hydrogen) atoms. The molecule has 0 saturated carbocycles. The van der Waals surface area contributed by atoms with Crippen molar-refractivity contribution in [3.05, 3.63) is 5.82 Å². The van der Waals surface area contributed by atoms with Crippen molar-refractivity contribution < 1.29 is 5.11 Å². The van der Waals surface area contributed by atoms with Gasteiger partial charge in [0.05, 0.1) is 0 Å². The number of piperidine rings is 1. The summed E-state index contributed by atoms with van der Waals surface area (Å²) in [6.07, 6.45) is 0.443. The Bertz CT molecular complexity index is 351. The molecular weight excluding hydrogens is 206 g/mol. The third kappa shape index (κ3) is 2.17. The molecule has 90 valence electrons. The van der Waals surface area contributed by atoms with E-state index in [9.17, 15) is 5.11 Å². The second-order valence-electron chi connectivity index (χ2n) is 4.57. The zero-order valence-corrected chi connectivity index (χ0v) is 9.72. The summed E-state index contributed by atoms with van der Waals surface area (Å²) < 4.78 is 0. The number of nitrogens with two attached hydrogens (primary N) is 1. The summed E-state index contributed by atoms with van der Waals surface area (Å²) in [6.45, 7) is 5.53. The minimum Gasteiger partial charge on any atom is -0.385 e. The molecule has 3 atom stereocenters. The maximum Gasteiger partial charge on any atom is 0.244 e. The summed E-state index contributed by atoms with van der Waals surface area (Å²) in [5.41, 5.74) is 6.02. The van der Waals surface area contributed by atoms with Crippen LogP contribution in [0.1, 0.15) is 32.2 Å². The highest BCUT2D eigenvalue weighted by Gasteiger charge is 2.25. The van der Waals surface area contributed by atoms with E-state index in [2.05, 4.69) is 27.0 Å². The molecule has 1 aliphatic heterocycles. The largest absolute Gasteiger partial charge is 0.385 e. The molecule has 1 aromatic rings. The van der Waals surface area contributed by atoms with Gasteiger partial charge in [-0.05, 0) is 19.3 Å². The van der Waals surface area contributed by atoms with Gasteiger partial charge < -0.3 is 15.7 Å². The molecule has 0 spiro atoms. The van der Waals surface area contributed by atoms with E-state index in [1.54, 1.807) is 6.92 Å². The zero-order chi connectivity index (χ0) is 11.7. The Morgan fingerprint density at radius 3 is 2.94 bits per heavy atom.